The Morgan fingerprint density at radius 2 is 2.11 bits per heavy atom. The van der Waals surface area contributed by atoms with E-state index in [9.17, 15) is 0 Å². The summed E-state index contributed by atoms with van der Waals surface area (Å²) in [4.78, 5) is 0. The van der Waals surface area contributed by atoms with Gasteiger partial charge in [0.05, 0.1) is 6.10 Å². The van der Waals surface area contributed by atoms with Crippen molar-refractivity contribution in [1.82, 2.24) is 0 Å². The molecular formula is C8H14O. The van der Waals surface area contributed by atoms with Crippen molar-refractivity contribution >= 4 is 0 Å². The van der Waals surface area contributed by atoms with Crippen LogP contribution in [-0.2, 0) is 4.74 Å². The first-order chi connectivity index (χ1) is 4.45. The van der Waals surface area contributed by atoms with Crippen molar-refractivity contribution in [2.45, 2.75) is 38.2 Å². The van der Waals surface area contributed by atoms with Crippen molar-refractivity contribution in [3.05, 3.63) is 0 Å². The molecule has 0 radical (unpaired) electrons. The van der Waals surface area contributed by atoms with E-state index in [-0.39, 0.29) is 0 Å². The molecule has 1 heterocycles. The lowest BCUT2D eigenvalue weighted by atomic mass is 10.1. The zero-order chi connectivity index (χ0) is 6.10. The standard InChI is InChI=1S/C8H14O/c1-2-8(9-5-1)6-7-3-4-7/h7-8H,1-6H2/t8-/m0/s1. The van der Waals surface area contributed by atoms with E-state index < -0.39 is 0 Å². The maximum absolute atomic E-state index is 5.50. The van der Waals surface area contributed by atoms with E-state index >= 15 is 0 Å². The third-order valence-electron chi connectivity index (χ3n) is 2.32. The second-order valence-electron chi connectivity index (χ2n) is 3.31. The van der Waals surface area contributed by atoms with Crippen LogP contribution in [0.3, 0.4) is 0 Å². The predicted octanol–water partition coefficient (Wildman–Crippen LogP) is 1.97. The summed E-state index contributed by atoms with van der Waals surface area (Å²) in [6, 6.07) is 0. The Morgan fingerprint density at radius 1 is 1.22 bits per heavy atom. The van der Waals surface area contributed by atoms with Gasteiger partial charge in [-0.05, 0) is 25.2 Å². The average molecular weight is 126 g/mol. The Balaban J connectivity index is 1.70. The third-order valence-corrected chi connectivity index (χ3v) is 2.32. The lowest BCUT2D eigenvalue weighted by Crippen LogP contribution is -2.04. The fraction of sp³-hybridized carbons (Fsp3) is 1.00. The van der Waals surface area contributed by atoms with Crippen LogP contribution < -0.4 is 0 Å². The van der Waals surface area contributed by atoms with Crippen LogP contribution in [0.5, 0.6) is 0 Å². The van der Waals surface area contributed by atoms with Crippen LogP contribution in [0.15, 0.2) is 0 Å². The predicted molar refractivity (Wildman–Crippen MR) is 36.3 cm³/mol. The topological polar surface area (TPSA) is 9.23 Å². The van der Waals surface area contributed by atoms with E-state index in [1.165, 1.54) is 32.1 Å². The minimum atomic E-state index is 0.650. The second-order valence-corrected chi connectivity index (χ2v) is 3.31. The molecular weight excluding hydrogens is 112 g/mol. The third kappa shape index (κ3) is 1.45. The van der Waals surface area contributed by atoms with Crippen molar-refractivity contribution in [2.75, 3.05) is 6.61 Å². The summed E-state index contributed by atoms with van der Waals surface area (Å²) < 4.78 is 5.50. The van der Waals surface area contributed by atoms with Crippen LogP contribution in [0.25, 0.3) is 0 Å². The van der Waals surface area contributed by atoms with Gasteiger partial charge in [0.1, 0.15) is 0 Å². The molecule has 2 rings (SSSR count). The van der Waals surface area contributed by atoms with Gasteiger partial charge in [0.25, 0.3) is 0 Å². The summed E-state index contributed by atoms with van der Waals surface area (Å²) in [6.45, 7) is 1.03. The Hall–Kier alpha value is -0.0400. The van der Waals surface area contributed by atoms with Crippen LogP contribution in [-0.4, -0.2) is 12.7 Å². The van der Waals surface area contributed by atoms with Crippen molar-refractivity contribution < 1.29 is 4.74 Å². The molecule has 1 nitrogen and oxygen atoms in total. The Bertz CT molecular complexity index is 90.7. The molecule has 1 heteroatoms. The summed E-state index contributed by atoms with van der Waals surface area (Å²) in [5.74, 6) is 1.05. The highest BCUT2D eigenvalue weighted by Gasteiger charge is 2.27. The number of hydrogen-bond acceptors (Lipinski definition) is 1. The zero-order valence-corrected chi connectivity index (χ0v) is 5.81. The summed E-state index contributed by atoms with van der Waals surface area (Å²) in [6.07, 6.45) is 7.59. The summed E-state index contributed by atoms with van der Waals surface area (Å²) >= 11 is 0. The molecule has 0 bridgehead atoms. The monoisotopic (exact) mass is 126 g/mol. The largest absolute Gasteiger partial charge is 0.378 e. The molecule has 0 aromatic rings. The molecule has 2 aliphatic rings. The lowest BCUT2D eigenvalue weighted by molar-refractivity contribution is 0.0996. The molecule has 1 atom stereocenters. The van der Waals surface area contributed by atoms with Crippen LogP contribution in [0, 0.1) is 5.92 Å². The first-order valence-corrected chi connectivity index (χ1v) is 4.07. The molecule has 9 heavy (non-hydrogen) atoms. The van der Waals surface area contributed by atoms with Gasteiger partial charge in [-0.25, -0.2) is 0 Å². The average Bonchev–Trinajstić information content (AvgIpc) is 2.46. The highest BCUT2D eigenvalue weighted by molar-refractivity contribution is 4.78. The van der Waals surface area contributed by atoms with E-state index in [0.29, 0.717) is 6.10 Å². The molecule has 0 N–H and O–H groups in total. The van der Waals surface area contributed by atoms with Gasteiger partial charge < -0.3 is 4.74 Å². The van der Waals surface area contributed by atoms with Gasteiger partial charge in [0.2, 0.25) is 0 Å². The van der Waals surface area contributed by atoms with E-state index in [4.69, 9.17) is 4.74 Å². The molecule has 1 saturated heterocycles. The van der Waals surface area contributed by atoms with Crippen molar-refractivity contribution in [2.24, 2.45) is 5.92 Å². The van der Waals surface area contributed by atoms with Crippen LogP contribution in [0.1, 0.15) is 32.1 Å². The molecule has 2 fully saturated rings. The van der Waals surface area contributed by atoms with Crippen molar-refractivity contribution in [1.29, 1.82) is 0 Å². The minimum absolute atomic E-state index is 0.650. The highest BCUT2D eigenvalue weighted by Crippen LogP contribution is 2.36. The quantitative estimate of drug-likeness (QED) is 0.549. The molecule has 0 amide bonds. The van der Waals surface area contributed by atoms with Gasteiger partial charge in [-0.15, -0.1) is 0 Å². The first-order valence-electron chi connectivity index (χ1n) is 4.07. The molecule has 0 aromatic heterocycles. The Morgan fingerprint density at radius 3 is 2.67 bits per heavy atom. The first kappa shape index (κ1) is 5.72. The fourth-order valence-electron chi connectivity index (χ4n) is 1.56. The van der Waals surface area contributed by atoms with Gasteiger partial charge in [-0.1, -0.05) is 12.8 Å². The molecule has 0 spiro atoms. The second kappa shape index (κ2) is 2.30. The maximum Gasteiger partial charge on any atom is 0.0578 e. The minimum Gasteiger partial charge on any atom is -0.378 e. The summed E-state index contributed by atoms with van der Waals surface area (Å²) in [5, 5.41) is 0. The fourth-order valence-corrected chi connectivity index (χ4v) is 1.56. The van der Waals surface area contributed by atoms with E-state index in [1.54, 1.807) is 0 Å². The van der Waals surface area contributed by atoms with E-state index in [1.807, 2.05) is 0 Å². The summed E-state index contributed by atoms with van der Waals surface area (Å²) in [5.41, 5.74) is 0. The van der Waals surface area contributed by atoms with Gasteiger partial charge in [-0.2, -0.15) is 0 Å². The molecule has 1 saturated carbocycles. The zero-order valence-electron chi connectivity index (χ0n) is 5.81. The molecule has 52 valence electrons. The van der Waals surface area contributed by atoms with Crippen LogP contribution >= 0.6 is 0 Å². The van der Waals surface area contributed by atoms with Crippen LogP contribution in [0.2, 0.25) is 0 Å². The van der Waals surface area contributed by atoms with Crippen molar-refractivity contribution in [3.63, 3.8) is 0 Å². The van der Waals surface area contributed by atoms with Gasteiger partial charge in [-0.3, -0.25) is 0 Å². The Kier molecular flexibility index (Phi) is 1.46. The summed E-state index contributed by atoms with van der Waals surface area (Å²) in [7, 11) is 0. The molecule has 0 unspecified atom stereocenters. The molecule has 1 aliphatic heterocycles. The Labute approximate surface area is 56.4 Å². The van der Waals surface area contributed by atoms with Crippen LogP contribution in [0.4, 0.5) is 0 Å². The lowest BCUT2D eigenvalue weighted by Gasteiger charge is -2.05. The smallest absolute Gasteiger partial charge is 0.0578 e. The van der Waals surface area contributed by atoms with E-state index in [0.717, 1.165) is 12.5 Å². The molecule has 1 aliphatic carbocycles. The number of ether oxygens (including phenoxy) is 1. The number of rotatable bonds is 2. The molecule has 0 aromatic carbocycles. The van der Waals surface area contributed by atoms with E-state index in [2.05, 4.69) is 0 Å². The van der Waals surface area contributed by atoms with Gasteiger partial charge in [0.15, 0.2) is 0 Å². The highest BCUT2D eigenvalue weighted by atomic mass is 16.5. The normalized spacial score (nSPS) is 35.3. The SMILES string of the molecule is C1CO[C@H](CC2CC2)C1. The number of hydrogen-bond donors (Lipinski definition) is 0. The maximum atomic E-state index is 5.50. The van der Waals surface area contributed by atoms with Gasteiger partial charge >= 0.3 is 0 Å². The van der Waals surface area contributed by atoms with Crippen molar-refractivity contribution in [3.8, 4) is 0 Å². The van der Waals surface area contributed by atoms with Gasteiger partial charge in [0, 0.05) is 6.61 Å².